The zero-order valence-corrected chi connectivity index (χ0v) is 15.0. The number of carbonyl (C=O) groups is 2. The predicted octanol–water partition coefficient (Wildman–Crippen LogP) is 3.19. The van der Waals surface area contributed by atoms with Gasteiger partial charge in [-0.15, -0.1) is 0 Å². The first-order valence-corrected chi connectivity index (χ1v) is 9.09. The quantitative estimate of drug-likeness (QED) is 0.848. The summed E-state index contributed by atoms with van der Waals surface area (Å²) in [6, 6.07) is 10.5. The fraction of sp³-hybridized carbons (Fsp3) is 0.333. The molecule has 0 saturated carbocycles. The maximum atomic E-state index is 13.5. The van der Waals surface area contributed by atoms with Crippen LogP contribution in [-0.4, -0.2) is 18.4 Å². The second-order valence-electron chi connectivity index (χ2n) is 7.49. The van der Waals surface area contributed by atoms with Crippen LogP contribution in [0, 0.1) is 5.41 Å². The number of fused-ring (bicyclic) bond motifs is 1. The summed E-state index contributed by atoms with van der Waals surface area (Å²) in [5, 5.41) is 2.82. The standard InChI is InChI=1S/C21H19F3N2O2/c22-21(23,24)16-7-2-1-4-12(16)10-17-13-5-3-6-14(18(25)27)15(13)11-20(17)8-9-26-19(20)28/h1-7,17H,8-11H2,(H2,25,27)(H,26,28). The normalized spacial score (nSPS) is 23.7. The predicted molar refractivity (Wildman–Crippen MR) is 96.6 cm³/mol. The SMILES string of the molecule is NC(=O)c1cccc2c1CC1(CCNC1=O)C2Cc1ccccc1C(F)(F)F. The maximum Gasteiger partial charge on any atom is 0.416 e. The van der Waals surface area contributed by atoms with E-state index in [0.717, 1.165) is 11.6 Å². The number of rotatable bonds is 3. The molecule has 2 aromatic rings. The number of hydrogen-bond donors (Lipinski definition) is 2. The first kappa shape index (κ1) is 18.5. The Labute approximate surface area is 159 Å². The van der Waals surface area contributed by atoms with E-state index >= 15 is 0 Å². The Morgan fingerprint density at radius 1 is 1.18 bits per heavy atom. The smallest absolute Gasteiger partial charge is 0.366 e. The highest BCUT2D eigenvalue weighted by Gasteiger charge is 2.54. The molecule has 2 aromatic carbocycles. The molecule has 1 aliphatic carbocycles. The van der Waals surface area contributed by atoms with Crippen molar-refractivity contribution in [2.24, 2.45) is 11.1 Å². The van der Waals surface area contributed by atoms with Gasteiger partial charge in [0.1, 0.15) is 0 Å². The number of hydrogen-bond acceptors (Lipinski definition) is 2. The van der Waals surface area contributed by atoms with Crippen LogP contribution in [0.3, 0.4) is 0 Å². The summed E-state index contributed by atoms with van der Waals surface area (Å²) in [6.45, 7) is 0.468. The molecule has 4 rings (SSSR count). The Balaban J connectivity index is 1.85. The number of halogens is 3. The van der Waals surface area contributed by atoms with Crippen molar-refractivity contribution in [3.8, 4) is 0 Å². The van der Waals surface area contributed by atoms with Gasteiger partial charge in [0.05, 0.1) is 11.0 Å². The van der Waals surface area contributed by atoms with Crippen LogP contribution < -0.4 is 11.1 Å². The van der Waals surface area contributed by atoms with E-state index in [4.69, 9.17) is 5.73 Å². The number of primary amides is 1. The van der Waals surface area contributed by atoms with E-state index in [0.29, 0.717) is 30.5 Å². The molecule has 0 aromatic heterocycles. The van der Waals surface area contributed by atoms with Crippen LogP contribution in [0.1, 0.15) is 45.0 Å². The van der Waals surface area contributed by atoms with Gasteiger partial charge in [0.2, 0.25) is 11.8 Å². The number of amides is 2. The molecule has 4 nitrogen and oxygen atoms in total. The zero-order chi connectivity index (χ0) is 20.1. The van der Waals surface area contributed by atoms with Crippen molar-refractivity contribution in [3.05, 3.63) is 70.3 Å². The van der Waals surface area contributed by atoms with Crippen molar-refractivity contribution in [2.75, 3.05) is 6.54 Å². The highest BCUT2D eigenvalue weighted by molar-refractivity contribution is 5.96. The molecule has 146 valence electrons. The second-order valence-corrected chi connectivity index (χ2v) is 7.49. The molecule has 0 bridgehead atoms. The van der Waals surface area contributed by atoms with Gasteiger partial charge < -0.3 is 11.1 Å². The van der Waals surface area contributed by atoms with Crippen LogP contribution in [0.15, 0.2) is 42.5 Å². The highest BCUT2D eigenvalue weighted by atomic mass is 19.4. The molecular weight excluding hydrogens is 369 g/mol. The second kappa shape index (κ2) is 6.36. The van der Waals surface area contributed by atoms with Gasteiger partial charge in [0.25, 0.3) is 0 Å². The molecule has 1 fully saturated rings. The van der Waals surface area contributed by atoms with Crippen molar-refractivity contribution in [2.45, 2.75) is 31.4 Å². The van der Waals surface area contributed by atoms with Gasteiger partial charge in [-0.1, -0.05) is 30.3 Å². The average molecular weight is 388 g/mol. The topological polar surface area (TPSA) is 72.2 Å². The van der Waals surface area contributed by atoms with E-state index < -0.39 is 29.0 Å². The van der Waals surface area contributed by atoms with E-state index in [2.05, 4.69) is 5.32 Å². The fourth-order valence-electron chi connectivity index (χ4n) is 4.79. The van der Waals surface area contributed by atoms with E-state index in [1.54, 1.807) is 24.3 Å². The minimum Gasteiger partial charge on any atom is -0.366 e. The Kier molecular flexibility index (Phi) is 4.21. The molecule has 1 spiro atoms. The molecule has 1 saturated heterocycles. The lowest BCUT2D eigenvalue weighted by molar-refractivity contribution is -0.138. The number of nitrogens with two attached hydrogens (primary N) is 1. The van der Waals surface area contributed by atoms with Gasteiger partial charge >= 0.3 is 6.18 Å². The van der Waals surface area contributed by atoms with E-state index in [1.807, 2.05) is 0 Å². The largest absolute Gasteiger partial charge is 0.416 e. The third-order valence-corrected chi connectivity index (χ3v) is 6.07. The molecule has 2 unspecified atom stereocenters. The van der Waals surface area contributed by atoms with Gasteiger partial charge in [0, 0.05) is 18.0 Å². The van der Waals surface area contributed by atoms with Gasteiger partial charge in [-0.2, -0.15) is 13.2 Å². The molecule has 0 radical (unpaired) electrons. The summed E-state index contributed by atoms with van der Waals surface area (Å²) >= 11 is 0. The van der Waals surface area contributed by atoms with Crippen LogP contribution >= 0.6 is 0 Å². The molecule has 2 amide bonds. The highest BCUT2D eigenvalue weighted by Crippen LogP contribution is 2.54. The molecule has 1 heterocycles. The first-order chi connectivity index (χ1) is 13.2. The molecule has 3 N–H and O–H groups in total. The zero-order valence-electron chi connectivity index (χ0n) is 15.0. The molecule has 2 aliphatic rings. The van der Waals surface area contributed by atoms with E-state index in [1.165, 1.54) is 12.1 Å². The number of benzene rings is 2. The van der Waals surface area contributed by atoms with Crippen molar-refractivity contribution in [1.82, 2.24) is 5.32 Å². The van der Waals surface area contributed by atoms with Gasteiger partial charge in [-0.05, 0) is 48.1 Å². The van der Waals surface area contributed by atoms with Crippen LogP contribution in [0.5, 0.6) is 0 Å². The maximum absolute atomic E-state index is 13.5. The molecule has 7 heteroatoms. The Morgan fingerprint density at radius 2 is 1.93 bits per heavy atom. The van der Waals surface area contributed by atoms with Crippen molar-refractivity contribution >= 4 is 11.8 Å². The number of carbonyl (C=O) groups excluding carboxylic acids is 2. The van der Waals surface area contributed by atoms with Crippen molar-refractivity contribution < 1.29 is 22.8 Å². The lowest BCUT2D eigenvalue weighted by atomic mass is 9.71. The summed E-state index contributed by atoms with van der Waals surface area (Å²) < 4.78 is 40.5. The van der Waals surface area contributed by atoms with Crippen LogP contribution in [0.2, 0.25) is 0 Å². The lowest BCUT2D eigenvalue weighted by Crippen LogP contribution is -2.36. The Bertz CT molecular complexity index is 970. The molecular formula is C21H19F3N2O2. The third kappa shape index (κ3) is 2.77. The fourth-order valence-corrected chi connectivity index (χ4v) is 4.79. The minimum absolute atomic E-state index is 0.0678. The minimum atomic E-state index is -4.47. The third-order valence-electron chi connectivity index (χ3n) is 6.07. The Morgan fingerprint density at radius 3 is 2.57 bits per heavy atom. The summed E-state index contributed by atoms with van der Waals surface area (Å²) in [6.07, 6.45) is -3.58. The number of alkyl halides is 3. The lowest BCUT2D eigenvalue weighted by Gasteiger charge is -2.29. The molecule has 2 atom stereocenters. The summed E-state index contributed by atoms with van der Waals surface area (Å²) in [7, 11) is 0. The monoisotopic (exact) mass is 388 g/mol. The van der Waals surface area contributed by atoms with Crippen LogP contribution in [0.25, 0.3) is 0 Å². The van der Waals surface area contributed by atoms with Crippen molar-refractivity contribution in [1.29, 1.82) is 0 Å². The summed E-state index contributed by atoms with van der Waals surface area (Å²) in [4.78, 5) is 24.6. The van der Waals surface area contributed by atoms with E-state index in [9.17, 15) is 22.8 Å². The van der Waals surface area contributed by atoms with Crippen molar-refractivity contribution in [3.63, 3.8) is 0 Å². The van der Waals surface area contributed by atoms with Crippen LogP contribution in [-0.2, 0) is 23.8 Å². The van der Waals surface area contributed by atoms with Gasteiger partial charge in [0.15, 0.2) is 0 Å². The van der Waals surface area contributed by atoms with Crippen LogP contribution in [0.4, 0.5) is 13.2 Å². The molecule has 1 aliphatic heterocycles. The van der Waals surface area contributed by atoms with E-state index in [-0.39, 0.29) is 17.9 Å². The van der Waals surface area contributed by atoms with Gasteiger partial charge in [-0.25, -0.2) is 0 Å². The molecule has 28 heavy (non-hydrogen) atoms. The first-order valence-electron chi connectivity index (χ1n) is 9.09. The summed E-state index contributed by atoms with van der Waals surface area (Å²) in [5.74, 6) is -1.22. The average Bonchev–Trinajstić information content (AvgIpc) is 3.15. The van der Waals surface area contributed by atoms with Gasteiger partial charge in [-0.3, -0.25) is 9.59 Å². The number of nitrogens with one attached hydrogen (secondary N) is 1. The summed E-state index contributed by atoms with van der Waals surface area (Å²) in [5.41, 5.74) is 5.86. The Hall–Kier alpha value is -2.83.